The van der Waals surface area contributed by atoms with Crippen LogP contribution in [-0.2, 0) is 11.3 Å². The number of benzene rings is 1. The van der Waals surface area contributed by atoms with Gasteiger partial charge in [0.25, 0.3) is 5.91 Å². The molecule has 0 saturated carbocycles. The van der Waals surface area contributed by atoms with Crippen molar-refractivity contribution in [2.75, 3.05) is 32.8 Å². The Kier molecular flexibility index (Phi) is 6.37. The van der Waals surface area contributed by atoms with Crippen molar-refractivity contribution in [2.24, 2.45) is 5.84 Å². The number of amides is 3. The maximum absolute atomic E-state index is 12.6. The molecule has 1 heterocycles. The molecule has 0 atom stereocenters. The van der Waals surface area contributed by atoms with E-state index < -0.39 is 0 Å². The first-order chi connectivity index (χ1) is 11.2. The minimum Gasteiger partial charge on any atom is -0.378 e. The quantitative estimate of drug-likeness (QED) is 0.480. The van der Waals surface area contributed by atoms with E-state index in [1.807, 2.05) is 28.9 Å². The highest BCUT2D eigenvalue weighted by Gasteiger charge is 2.22. The number of carbonyl (C=O) groups is 2. The third-order valence-electron chi connectivity index (χ3n) is 3.77. The Morgan fingerprint density at radius 3 is 2.48 bits per heavy atom. The van der Waals surface area contributed by atoms with Crippen LogP contribution < -0.4 is 11.3 Å². The smallest absolute Gasteiger partial charge is 0.320 e. The Balaban J connectivity index is 2.03. The Morgan fingerprint density at radius 2 is 1.91 bits per heavy atom. The topological polar surface area (TPSA) is 87.9 Å². The maximum Gasteiger partial charge on any atom is 0.320 e. The van der Waals surface area contributed by atoms with Crippen molar-refractivity contribution < 1.29 is 14.3 Å². The number of nitrogen functional groups attached to an aromatic ring is 1. The van der Waals surface area contributed by atoms with E-state index >= 15 is 0 Å². The molecule has 0 unspecified atom stereocenters. The second kappa shape index (κ2) is 8.50. The molecule has 0 radical (unpaired) electrons. The zero-order valence-electron chi connectivity index (χ0n) is 13.5. The predicted octanol–water partition coefficient (Wildman–Crippen LogP) is 0.954. The first-order valence-corrected chi connectivity index (χ1v) is 7.87. The molecule has 7 heteroatoms. The van der Waals surface area contributed by atoms with E-state index in [1.54, 1.807) is 12.1 Å². The number of ether oxygens (including phenoxy) is 1. The van der Waals surface area contributed by atoms with Gasteiger partial charge in [0.05, 0.1) is 13.2 Å². The number of carbonyl (C=O) groups excluding carboxylic acids is 2. The van der Waals surface area contributed by atoms with Gasteiger partial charge < -0.3 is 14.5 Å². The number of hydrogen-bond donors (Lipinski definition) is 2. The van der Waals surface area contributed by atoms with Crippen LogP contribution in [0, 0.1) is 0 Å². The minimum atomic E-state index is -0.327. The van der Waals surface area contributed by atoms with Crippen molar-refractivity contribution >= 4 is 11.9 Å². The SMILES string of the molecule is CCCN(Cc1ccc(C(=O)NN)cc1)C(=O)N1CCOCC1. The van der Waals surface area contributed by atoms with Crippen LogP contribution in [-0.4, -0.2) is 54.6 Å². The third-order valence-corrected chi connectivity index (χ3v) is 3.77. The molecule has 1 aliphatic rings. The van der Waals surface area contributed by atoms with Crippen LogP contribution in [0.3, 0.4) is 0 Å². The lowest BCUT2D eigenvalue weighted by molar-refractivity contribution is 0.0426. The number of morpholine rings is 1. The number of urea groups is 1. The summed E-state index contributed by atoms with van der Waals surface area (Å²) in [6.07, 6.45) is 0.893. The normalized spacial score (nSPS) is 14.4. The molecule has 0 aromatic heterocycles. The number of rotatable bonds is 5. The fraction of sp³-hybridized carbons (Fsp3) is 0.500. The van der Waals surface area contributed by atoms with Crippen LogP contribution in [0.2, 0.25) is 0 Å². The molecule has 0 spiro atoms. The van der Waals surface area contributed by atoms with Gasteiger partial charge in [-0.2, -0.15) is 0 Å². The van der Waals surface area contributed by atoms with Crippen molar-refractivity contribution in [1.29, 1.82) is 0 Å². The van der Waals surface area contributed by atoms with Gasteiger partial charge in [0.15, 0.2) is 0 Å². The summed E-state index contributed by atoms with van der Waals surface area (Å²) in [5.74, 6) is 4.79. The average Bonchev–Trinajstić information content (AvgIpc) is 2.61. The molecule has 1 saturated heterocycles. The predicted molar refractivity (Wildman–Crippen MR) is 86.6 cm³/mol. The maximum atomic E-state index is 12.6. The number of hydrogen-bond acceptors (Lipinski definition) is 4. The summed E-state index contributed by atoms with van der Waals surface area (Å²) in [6, 6.07) is 7.15. The molecule has 1 fully saturated rings. The van der Waals surface area contributed by atoms with E-state index in [4.69, 9.17) is 10.6 Å². The highest BCUT2D eigenvalue weighted by atomic mass is 16.5. The van der Waals surface area contributed by atoms with E-state index in [0.717, 1.165) is 12.0 Å². The Bertz CT molecular complexity index is 527. The molecular formula is C16H24N4O3. The van der Waals surface area contributed by atoms with Crippen LogP contribution in [0.4, 0.5) is 4.79 Å². The highest BCUT2D eigenvalue weighted by molar-refractivity contribution is 5.93. The van der Waals surface area contributed by atoms with Gasteiger partial charge in [-0.25, -0.2) is 10.6 Å². The summed E-state index contributed by atoms with van der Waals surface area (Å²) in [4.78, 5) is 27.7. The summed E-state index contributed by atoms with van der Waals surface area (Å²) < 4.78 is 5.29. The molecule has 1 aromatic rings. The molecule has 23 heavy (non-hydrogen) atoms. The van der Waals surface area contributed by atoms with Crippen molar-refractivity contribution in [3.05, 3.63) is 35.4 Å². The van der Waals surface area contributed by atoms with E-state index in [-0.39, 0.29) is 11.9 Å². The van der Waals surface area contributed by atoms with Crippen LogP contribution in [0.25, 0.3) is 0 Å². The number of hydrazine groups is 1. The van der Waals surface area contributed by atoms with Crippen molar-refractivity contribution in [2.45, 2.75) is 19.9 Å². The fourth-order valence-electron chi connectivity index (χ4n) is 2.53. The zero-order valence-corrected chi connectivity index (χ0v) is 13.5. The summed E-state index contributed by atoms with van der Waals surface area (Å²) in [5, 5.41) is 0. The Hall–Kier alpha value is -2.12. The second-order valence-electron chi connectivity index (χ2n) is 5.47. The van der Waals surface area contributed by atoms with Gasteiger partial charge >= 0.3 is 6.03 Å². The molecule has 1 aliphatic heterocycles. The van der Waals surface area contributed by atoms with Crippen LogP contribution in [0.1, 0.15) is 29.3 Å². The second-order valence-corrected chi connectivity index (χ2v) is 5.47. The lowest BCUT2D eigenvalue weighted by atomic mass is 10.1. The Labute approximate surface area is 136 Å². The summed E-state index contributed by atoms with van der Waals surface area (Å²) >= 11 is 0. The zero-order chi connectivity index (χ0) is 16.7. The van der Waals surface area contributed by atoms with Gasteiger partial charge in [-0.05, 0) is 24.1 Å². The summed E-state index contributed by atoms with van der Waals surface area (Å²) in [6.45, 7) is 5.72. The van der Waals surface area contributed by atoms with Crippen molar-refractivity contribution in [3.63, 3.8) is 0 Å². The van der Waals surface area contributed by atoms with Gasteiger partial charge in [0.1, 0.15) is 0 Å². The monoisotopic (exact) mass is 320 g/mol. The van der Waals surface area contributed by atoms with E-state index in [9.17, 15) is 9.59 Å². The first kappa shape index (κ1) is 17.2. The number of nitrogens with one attached hydrogen (secondary N) is 1. The molecule has 2 rings (SSSR count). The van der Waals surface area contributed by atoms with Crippen LogP contribution in [0.15, 0.2) is 24.3 Å². The highest BCUT2D eigenvalue weighted by Crippen LogP contribution is 2.11. The van der Waals surface area contributed by atoms with Crippen molar-refractivity contribution in [3.8, 4) is 0 Å². The van der Waals surface area contributed by atoms with Gasteiger partial charge in [0.2, 0.25) is 0 Å². The lowest BCUT2D eigenvalue weighted by Crippen LogP contribution is -2.48. The van der Waals surface area contributed by atoms with E-state index in [1.165, 1.54) is 0 Å². The fourth-order valence-corrected chi connectivity index (χ4v) is 2.53. The molecule has 3 N–H and O–H groups in total. The first-order valence-electron chi connectivity index (χ1n) is 7.87. The van der Waals surface area contributed by atoms with Crippen LogP contribution in [0.5, 0.6) is 0 Å². The molecule has 126 valence electrons. The number of nitrogens with zero attached hydrogens (tertiary/aromatic N) is 2. The van der Waals surface area contributed by atoms with Crippen LogP contribution >= 0.6 is 0 Å². The molecule has 0 bridgehead atoms. The molecular weight excluding hydrogens is 296 g/mol. The number of nitrogens with two attached hydrogens (primary N) is 1. The molecule has 7 nitrogen and oxygen atoms in total. The average molecular weight is 320 g/mol. The van der Waals surface area contributed by atoms with Gasteiger partial charge in [-0.1, -0.05) is 19.1 Å². The van der Waals surface area contributed by atoms with Gasteiger partial charge in [-0.15, -0.1) is 0 Å². The summed E-state index contributed by atoms with van der Waals surface area (Å²) in [5.41, 5.74) is 3.58. The molecule has 0 aliphatic carbocycles. The van der Waals surface area contributed by atoms with Gasteiger partial charge in [0, 0.05) is 31.7 Å². The largest absolute Gasteiger partial charge is 0.378 e. The minimum absolute atomic E-state index is 0.0407. The van der Waals surface area contributed by atoms with E-state index in [0.29, 0.717) is 45.0 Å². The van der Waals surface area contributed by atoms with Gasteiger partial charge in [-0.3, -0.25) is 10.2 Å². The standard InChI is InChI=1S/C16H24N4O3/c1-2-7-20(16(22)19-8-10-23-11-9-19)12-13-3-5-14(6-4-13)15(21)18-17/h3-6H,2,7-12,17H2,1H3,(H,18,21). The third kappa shape index (κ3) is 4.67. The molecule has 3 amide bonds. The molecule has 1 aromatic carbocycles. The Morgan fingerprint density at radius 1 is 1.26 bits per heavy atom. The van der Waals surface area contributed by atoms with Crippen molar-refractivity contribution in [1.82, 2.24) is 15.2 Å². The lowest BCUT2D eigenvalue weighted by Gasteiger charge is -2.33. The van der Waals surface area contributed by atoms with E-state index in [2.05, 4.69) is 5.43 Å². The summed E-state index contributed by atoms with van der Waals surface area (Å²) in [7, 11) is 0.